The van der Waals surface area contributed by atoms with Crippen LogP contribution < -0.4 is 0 Å². The summed E-state index contributed by atoms with van der Waals surface area (Å²) in [5.74, 6) is 0. The molecule has 32 heavy (non-hydrogen) atoms. The van der Waals surface area contributed by atoms with Gasteiger partial charge < -0.3 is 18.9 Å². The van der Waals surface area contributed by atoms with Gasteiger partial charge in [-0.25, -0.2) is 0 Å². The van der Waals surface area contributed by atoms with Crippen molar-refractivity contribution in [2.24, 2.45) is 0 Å². The van der Waals surface area contributed by atoms with Crippen molar-refractivity contribution in [1.82, 2.24) is 0 Å². The third kappa shape index (κ3) is 6.30. The van der Waals surface area contributed by atoms with Crippen LogP contribution in [0.15, 0.2) is 103 Å². The Hall–Kier alpha value is -2.92. The molecule has 0 amide bonds. The van der Waals surface area contributed by atoms with Crippen LogP contribution in [0.3, 0.4) is 0 Å². The Balaban J connectivity index is 1.44. The number of benzene rings is 3. The molecule has 0 aliphatic carbocycles. The monoisotopic (exact) mass is 430 g/mol. The molecule has 4 rings (SSSR count). The maximum Gasteiger partial charge on any atom is 0.150 e. The van der Waals surface area contributed by atoms with E-state index in [4.69, 9.17) is 18.9 Å². The van der Waals surface area contributed by atoms with Crippen molar-refractivity contribution < 1.29 is 18.9 Å². The lowest BCUT2D eigenvalue weighted by Crippen LogP contribution is -2.47. The molecule has 0 N–H and O–H groups in total. The van der Waals surface area contributed by atoms with Crippen LogP contribution in [0, 0.1) is 0 Å². The van der Waals surface area contributed by atoms with E-state index in [1.54, 1.807) is 6.26 Å². The van der Waals surface area contributed by atoms with Crippen molar-refractivity contribution in [3.05, 3.63) is 120 Å². The molecule has 1 aliphatic heterocycles. The molecule has 3 atom stereocenters. The second-order valence-electron chi connectivity index (χ2n) is 8.02. The first kappa shape index (κ1) is 22.3. The van der Waals surface area contributed by atoms with Crippen LogP contribution in [0.4, 0.5) is 0 Å². The van der Waals surface area contributed by atoms with Crippen LogP contribution in [0.5, 0.6) is 0 Å². The fourth-order valence-corrected chi connectivity index (χ4v) is 3.74. The predicted octanol–water partition coefficient (Wildman–Crippen LogP) is 5.68. The highest BCUT2D eigenvalue weighted by Crippen LogP contribution is 2.27. The molecule has 166 valence electrons. The summed E-state index contributed by atoms with van der Waals surface area (Å²) >= 11 is 0. The van der Waals surface area contributed by atoms with E-state index in [2.05, 4.69) is 36.4 Å². The minimum absolute atomic E-state index is 0.210. The maximum absolute atomic E-state index is 6.39. The van der Waals surface area contributed by atoms with Crippen molar-refractivity contribution in [1.29, 1.82) is 0 Å². The fraction of sp³-hybridized carbons (Fsp3) is 0.286. The molecule has 0 radical (unpaired) electrons. The van der Waals surface area contributed by atoms with Gasteiger partial charge in [-0.1, -0.05) is 91.0 Å². The van der Waals surface area contributed by atoms with Crippen LogP contribution in [0.1, 0.15) is 23.6 Å². The molecule has 0 bridgehead atoms. The summed E-state index contributed by atoms with van der Waals surface area (Å²) in [6.45, 7) is 3.98. The van der Waals surface area contributed by atoms with Gasteiger partial charge in [-0.2, -0.15) is 0 Å². The highest BCUT2D eigenvalue weighted by Gasteiger charge is 2.37. The average Bonchev–Trinajstić information content (AvgIpc) is 2.85. The molecular weight excluding hydrogens is 400 g/mol. The Kier molecular flexibility index (Phi) is 8.10. The normalized spacial score (nSPS) is 20.4. The molecule has 1 aliphatic rings. The lowest BCUT2D eigenvalue weighted by atomic mass is 9.99. The van der Waals surface area contributed by atoms with Crippen LogP contribution in [-0.2, 0) is 38.8 Å². The van der Waals surface area contributed by atoms with Gasteiger partial charge in [-0.15, -0.1) is 0 Å². The quantitative estimate of drug-likeness (QED) is 0.415. The zero-order valence-corrected chi connectivity index (χ0v) is 18.4. The fourth-order valence-electron chi connectivity index (χ4n) is 3.74. The zero-order chi connectivity index (χ0) is 22.0. The SMILES string of the molecule is CC1=CO[C@H](COCc2ccccc2)[C@H](OCc2ccccc2)[C@@H]1OCc1ccccc1. The Labute approximate surface area is 190 Å². The molecule has 1 heterocycles. The summed E-state index contributed by atoms with van der Waals surface area (Å²) in [7, 11) is 0. The Morgan fingerprint density at radius 1 is 0.656 bits per heavy atom. The number of rotatable bonds is 10. The predicted molar refractivity (Wildman–Crippen MR) is 125 cm³/mol. The van der Waals surface area contributed by atoms with Gasteiger partial charge in [0.05, 0.1) is 32.7 Å². The van der Waals surface area contributed by atoms with E-state index in [1.165, 1.54) is 0 Å². The lowest BCUT2D eigenvalue weighted by molar-refractivity contribution is -0.151. The topological polar surface area (TPSA) is 36.9 Å². The molecule has 4 nitrogen and oxygen atoms in total. The van der Waals surface area contributed by atoms with Crippen LogP contribution >= 0.6 is 0 Å². The van der Waals surface area contributed by atoms with Gasteiger partial charge in [0, 0.05) is 0 Å². The molecule has 0 unspecified atom stereocenters. The summed E-state index contributed by atoms with van der Waals surface area (Å²) in [6, 6.07) is 30.5. The molecule has 3 aromatic rings. The summed E-state index contributed by atoms with van der Waals surface area (Å²) < 4.78 is 24.8. The van der Waals surface area contributed by atoms with Crippen molar-refractivity contribution in [3.8, 4) is 0 Å². The minimum Gasteiger partial charge on any atom is -0.493 e. The average molecular weight is 431 g/mol. The van der Waals surface area contributed by atoms with E-state index in [-0.39, 0.29) is 18.3 Å². The lowest BCUT2D eigenvalue weighted by Gasteiger charge is -2.37. The van der Waals surface area contributed by atoms with Crippen molar-refractivity contribution in [3.63, 3.8) is 0 Å². The van der Waals surface area contributed by atoms with E-state index >= 15 is 0 Å². The number of hydrogen-bond donors (Lipinski definition) is 0. The smallest absolute Gasteiger partial charge is 0.150 e. The van der Waals surface area contributed by atoms with E-state index in [1.807, 2.05) is 61.5 Å². The highest BCUT2D eigenvalue weighted by atomic mass is 16.6. The summed E-state index contributed by atoms with van der Waals surface area (Å²) in [6.07, 6.45) is 1.04. The highest BCUT2D eigenvalue weighted by molar-refractivity contribution is 5.17. The van der Waals surface area contributed by atoms with Crippen molar-refractivity contribution in [2.45, 2.75) is 45.1 Å². The second kappa shape index (κ2) is 11.6. The largest absolute Gasteiger partial charge is 0.493 e. The van der Waals surface area contributed by atoms with Crippen molar-refractivity contribution in [2.75, 3.05) is 6.61 Å². The molecule has 0 fully saturated rings. The first-order valence-electron chi connectivity index (χ1n) is 11.0. The number of ether oxygens (including phenoxy) is 4. The van der Waals surface area contributed by atoms with E-state index in [0.717, 1.165) is 22.3 Å². The summed E-state index contributed by atoms with van der Waals surface area (Å²) in [4.78, 5) is 0. The van der Waals surface area contributed by atoms with Gasteiger partial charge in [0.25, 0.3) is 0 Å². The maximum atomic E-state index is 6.39. The van der Waals surface area contributed by atoms with Gasteiger partial charge in [-0.3, -0.25) is 0 Å². The summed E-state index contributed by atoms with van der Waals surface area (Å²) in [5, 5.41) is 0. The van der Waals surface area contributed by atoms with E-state index < -0.39 is 0 Å². The second-order valence-corrected chi connectivity index (χ2v) is 8.02. The molecular formula is C28H30O4. The Morgan fingerprint density at radius 2 is 1.16 bits per heavy atom. The molecule has 0 saturated heterocycles. The van der Waals surface area contributed by atoms with Crippen LogP contribution in [0.25, 0.3) is 0 Å². The molecule has 4 heteroatoms. The Bertz CT molecular complexity index is 956. The van der Waals surface area contributed by atoms with Crippen LogP contribution in [0.2, 0.25) is 0 Å². The van der Waals surface area contributed by atoms with E-state index in [0.29, 0.717) is 26.4 Å². The number of hydrogen-bond acceptors (Lipinski definition) is 4. The minimum atomic E-state index is -0.278. The molecule has 0 saturated carbocycles. The standard InChI is InChI=1S/C28H30O4/c1-22-17-30-26(21-29-18-23-11-5-2-6-12-23)28(32-20-25-15-9-4-10-16-25)27(22)31-19-24-13-7-3-8-14-24/h2-17,26-28H,18-21H2,1H3/t26-,27-,28+/m1/s1. The first-order valence-corrected chi connectivity index (χ1v) is 11.0. The van der Waals surface area contributed by atoms with Crippen molar-refractivity contribution >= 4 is 0 Å². The van der Waals surface area contributed by atoms with Gasteiger partial charge in [-0.05, 0) is 29.2 Å². The molecule has 3 aromatic carbocycles. The first-order chi connectivity index (χ1) is 15.8. The third-order valence-electron chi connectivity index (χ3n) is 5.49. The molecule has 0 aromatic heterocycles. The van der Waals surface area contributed by atoms with Gasteiger partial charge in [0.1, 0.15) is 18.3 Å². The van der Waals surface area contributed by atoms with E-state index in [9.17, 15) is 0 Å². The van der Waals surface area contributed by atoms with Gasteiger partial charge in [0.15, 0.2) is 0 Å². The summed E-state index contributed by atoms with van der Waals surface area (Å²) in [5.41, 5.74) is 4.39. The third-order valence-corrected chi connectivity index (χ3v) is 5.49. The van der Waals surface area contributed by atoms with Gasteiger partial charge >= 0.3 is 0 Å². The van der Waals surface area contributed by atoms with Crippen LogP contribution in [-0.4, -0.2) is 24.9 Å². The zero-order valence-electron chi connectivity index (χ0n) is 18.4. The molecule has 0 spiro atoms. The van der Waals surface area contributed by atoms with Gasteiger partial charge in [0.2, 0.25) is 0 Å². The Morgan fingerprint density at radius 3 is 1.72 bits per heavy atom.